The largest absolute Gasteiger partial charge is 0.481 e. The van der Waals surface area contributed by atoms with Crippen molar-refractivity contribution in [1.82, 2.24) is 10.1 Å². The number of carbonyl (C=O) groups excluding carboxylic acids is 1. The van der Waals surface area contributed by atoms with E-state index in [9.17, 15) is 9.59 Å². The number of H-pyrrole nitrogens is 1. The number of halogens is 1. The van der Waals surface area contributed by atoms with E-state index in [0.29, 0.717) is 27.6 Å². The molecular weight excluding hydrogens is 506 g/mol. The quantitative estimate of drug-likeness (QED) is 0.202. The van der Waals surface area contributed by atoms with Crippen LogP contribution in [0.15, 0.2) is 77.4 Å². The summed E-state index contributed by atoms with van der Waals surface area (Å²) in [5.74, 6) is -0.494. The number of aliphatic carboxylic acids is 1. The maximum absolute atomic E-state index is 12.7. The molecule has 0 aliphatic rings. The van der Waals surface area contributed by atoms with Crippen molar-refractivity contribution in [2.75, 3.05) is 5.32 Å². The summed E-state index contributed by atoms with van der Waals surface area (Å²) in [5, 5.41) is 17.1. The Morgan fingerprint density at radius 2 is 1.84 bits per heavy atom. The van der Waals surface area contributed by atoms with Gasteiger partial charge in [0, 0.05) is 27.2 Å². The van der Waals surface area contributed by atoms with Crippen LogP contribution in [-0.4, -0.2) is 27.3 Å². The fourth-order valence-electron chi connectivity index (χ4n) is 4.46. The lowest BCUT2D eigenvalue weighted by molar-refractivity contribution is -0.136. The molecule has 8 nitrogen and oxygen atoms in total. The zero-order valence-electron chi connectivity index (χ0n) is 20.6. The Morgan fingerprint density at radius 1 is 1.11 bits per heavy atom. The molecule has 5 aromatic rings. The predicted octanol–water partition coefficient (Wildman–Crippen LogP) is 7.39. The minimum absolute atomic E-state index is 0.0290. The van der Waals surface area contributed by atoms with Gasteiger partial charge in [-0.3, -0.25) is 10.1 Å². The molecule has 0 radical (unpaired) electrons. The van der Waals surface area contributed by atoms with E-state index in [1.807, 2.05) is 61.5 Å². The Kier molecular flexibility index (Phi) is 6.89. The Morgan fingerprint density at radius 3 is 2.58 bits per heavy atom. The number of hydrogen-bond donors (Lipinski definition) is 3. The third-order valence-corrected chi connectivity index (χ3v) is 6.57. The number of hydrogen-bond acceptors (Lipinski definition) is 5. The number of carboxylic acid groups (broad SMARTS) is 1. The van der Waals surface area contributed by atoms with Crippen molar-refractivity contribution in [1.29, 1.82) is 0 Å². The summed E-state index contributed by atoms with van der Waals surface area (Å²) in [6.07, 6.45) is 0.163. The van der Waals surface area contributed by atoms with Crippen LogP contribution in [0.1, 0.15) is 29.8 Å². The zero-order chi connectivity index (χ0) is 26.8. The summed E-state index contributed by atoms with van der Waals surface area (Å²) in [5.41, 5.74) is 6.18. The third kappa shape index (κ3) is 5.12. The minimum atomic E-state index is -0.871. The third-order valence-electron chi connectivity index (χ3n) is 6.23. The molecule has 38 heavy (non-hydrogen) atoms. The highest BCUT2D eigenvalue weighted by Gasteiger charge is 2.21. The highest BCUT2D eigenvalue weighted by Crippen LogP contribution is 2.38. The Labute approximate surface area is 223 Å². The molecule has 0 aliphatic heterocycles. The topological polar surface area (TPSA) is 117 Å². The number of amides is 1. The molecule has 0 fully saturated rings. The molecule has 0 aliphatic carbocycles. The smallest absolute Gasteiger partial charge is 0.412 e. The second-order valence-electron chi connectivity index (χ2n) is 8.93. The van der Waals surface area contributed by atoms with E-state index in [0.717, 1.165) is 33.3 Å². The van der Waals surface area contributed by atoms with E-state index in [4.69, 9.17) is 26.0 Å². The van der Waals surface area contributed by atoms with Crippen molar-refractivity contribution in [2.24, 2.45) is 0 Å². The van der Waals surface area contributed by atoms with Crippen LogP contribution < -0.4 is 5.32 Å². The summed E-state index contributed by atoms with van der Waals surface area (Å²) in [7, 11) is 0. The molecular formula is C29H24ClN3O5. The van der Waals surface area contributed by atoms with Crippen LogP contribution in [0, 0.1) is 6.92 Å². The van der Waals surface area contributed by atoms with E-state index in [1.54, 1.807) is 19.1 Å². The SMILES string of the molecule is Cc1cc2c(-c3ccc(CC(=O)O)cc3)ccc(-c3oncc3NC(=O)OC(C)c3ccccc3Cl)c2[nH]1. The number of nitrogens with one attached hydrogen (secondary N) is 2. The average Bonchev–Trinajstić information content (AvgIpc) is 3.49. The average molecular weight is 530 g/mol. The van der Waals surface area contributed by atoms with Gasteiger partial charge in [0.05, 0.1) is 18.1 Å². The van der Waals surface area contributed by atoms with Gasteiger partial charge < -0.3 is 19.4 Å². The predicted molar refractivity (Wildman–Crippen MR) is 145 cm³/mol. The number of nitrogens with zero attached hydrogens (tertiary/aromatic N) is 1. The molecule has 0 saturated carbocycles. The van der Waals surface area contributed by atoms with Gasteiger partial charge >= 0.3 is 12.1 Å². The lowest BCUT2D eigenvalue weighted by Crippen LogP contribution is -2.16. The van der Waals surface area contributed by atoms with Crippen LogP contribution in [0.2, 0.25) is 5.02 Å². The van der Waals surface area contributed by atoms with Crippen LogP contribution in [0.25, 0.3) is 33.4 Å². The van der Waals surface area contributed by atoms with Crippen LogP contribution in [0.4, 0.5) is 10.5 Å². The van der Waals surface area contributed by atoms with Crippen molar-refractivity contribution < 1.29 is 24.0 Å². The number of carbonyl (C=O) groups is 2. The molecule has 1 unspecified atom stereocenters. The number of rotatable bonds is 7. The fraction of sp³-hybridized carbons (Fsp3) is 0.138. The van der Waals surface area contributed by atoms with Gasteiger partial charge in [0.25, 0.3) is 0 Å². The number of aromatic amines is 1. The van der Waals surface area contributed by atoms with Crippen LogP contribution in [0.5, 0.6) is 0 Å². The van der Waals surface area contributed by atoms with Gasteiger partial charge in [-0.15, -0.1) is 0 Å². The van der Waals surface area contributed by atoms with Gasteiger partial charge in [-0.05, 0) is 48.7 Å². The van der Waals surface area contributed by atoms with Crippen molar-refractivity contribution >= 4 is 40.3 Å². The molecule has 2 aromatic heterocycles. The first-order valence-electron chi connectivity index (χ1n) is 11.9. The molecule has 3 N–H and O–H groups in total. The Hall–Kier alpha value is -4.56. The monoisotopic (exact) mass is 529 g/mol. The van der Waals surface area contributed by atoms with Gasteiger partial charge in [-0.2, -0.15) is 0 Å². The number of aryl methyl sites for hydroxylation is 1. The number of fused-ring (bicyclic) bond motifs is 1. The van der Waals surface area contributed by atoms with Gasteiger partial charge in [0.1, 0.15) is 11.8 Å². The summed E-state index contributed by atoms with van der Waals surface area (Å²) in [4.78, 5) is 27.1. The number of carboxylic acids is 1. The van der Waals surface area contributed by atoms with E-state index in [1.165, 1.54) is 6.20 Å². The first kappa shape index (κ1) is 25.1. The summed E-state index contributed by atoms with van der Waals surface area (Å²) in [6.45, 7) is 3.70. The lowest BCUT2D eigenvalue weighted by Gasteiger charge is -2.15. The van der Waals surface area contributed by atoms with E-state index < -0.39 is 18.2 Å². The van der Waals surface area contributed by atoms with E-state index in [-0.39, 0.29) is 6.42 Å². The molecule has 2 heterocycles. The molecule has 1 atom stereocenters. The molecule has 5 rings (SSSR count). The molecule has 0 spiro atoms. The summed E-state index contributed by atoms with van der Waals surface area (Å²) in [6, 6.07) is 20.5. The number of aromatic nitrogens is 2. The van der Waals surface area contributed by atoms with Crippen LogP contribution in [0.3, 0.4) is 0 Å². The molecule has 0 saturated heterocycles. The van der Waals surface area contributed by atoms with Crippen molar-refractivity contribution in [3.8, 4) is 22.5 Å². The maximum atomic E-state index is 12.7. The number of ether oxygens (including phenoxy) is 1. The second-order valence-corrected chi connectivity index (χ2v) is 9.34. The summed E-state index contributed by atoms with van der Waals surface area (Å²) >= 11 is 6.23. The first-order chi connectivity index (χ1) is 18.3. The van der Waals surface area contributed by atoms with Gasteiger partial charge in [0.2, 0.25) is 0 Å². The standard InChI is InChI=1S/C29H24ClN3O5/c1-16-13-23-21(19-9-7-18(8-10-19)14-26(34)35)11-12-22(27(23)32-16)28-25(15-31-38-28)33-29(36)37-17(2)20-5-3-4-6-24(20)30/h3-13,15,17,32H,14H2,1-2H3,(H,33,36)(H,34,35). The van der Waals surface area contributed by atoms with E-state index in [2.05, 4.69) is 15.5 Å². The molecule has 9 heteroatoms. The van der Waals surface area contributed by atoms with Crippen LogP contribution in [-0.2, 0) is 16.0 Å². The summed E-state index contributed by atoms with van der Waals surface area (Å²) < 4.78 is 11.1. The fourth-order valence-corrected chi connectivity index (χ4v) is 4.75. The molecule has 192 valence electrons. The zero-order valence-corrected chi connectivity index (χ0v) is 21.4. The van der Waals surface area contributed by atoms with Gasteiger partial charge in [-0.25, -0.2) is 4.79 Å². The minimum Gasteiger partial charge on any atom is -0.481 e. The van der Waals surface area contributed by atoms with Crippen LogP contribution >= 0.6 is 11.6 Å². The van der Waals surface area contributed by atoms with Gasteiger partial charge in [-0.1, -0.05) is 65.3 Å². The Bertz CT molecular complexity index is 1640. The molecule has 0 bridgehead atoms. The second kappa shape index (κ2) is 10.4. The Balaban J connectivity index is 1.43. The van der Waals surface area contributed by atoms with E-state index >= 15 is 0 Å². The number of anilines is 1. The van der Waals surface area contributed by atoms with Gasteiger partial charge in [0.15, 0.2) is 5.76 Å². The maximum Gasteiger partial charge on any atom is 0.412 e. The van der Waals surface area contributed by atoms with Crippen molar-refractivity contribution in [2.45, 2.75) is 26.4 Å². The van der Waals surface area contributed by atoms with Crippen molar-refractivity contribution in [3.63, 3.8) is 0 Å². The molecule has 1 amide bonds. The highest BCUT2D eigenvalue weighted by atomic mass is 35.5. The first-order valence-corrected chi connectivity index (χ1v) is 12.3. The van der Waals surface area contributed by atoms with Crippen molar-refractivity contribution in [3.05, 3.63) is 94.8 Å². The lowest BCUT2D eigenvalue weighted by atomic mass is 9.97. The number of benzene rings is 3. The molecule has 3 aromatic carbocycles. The highest BCUT2D eigenvalue weighted by molar-refractivity contribution is 6.31. The normalized spacial score (nSPS) is 11.9.